The highest BCUT2D eigenvalue weighted by atomic mass is 19.1. The lowest BCUT2D eigenvalue weighted by molar-refractivity contribution is -0.00686. The summed E-state index contributed by atoms with van der Waals surface area (Å²) >= 11 is 0. The Labute approximate surface area is 139 Å². The molecule has 5 heteroatoms. The molecule has 1 fully saturated rings. The van der Waals surface area contributed by atoms with Crippen LogP contribution in [0.3, 0.4) is 0 Å². The van der Waals surface area contributed by atoms with E-state index in [4.69, 9.17) is 4.74 Å². The van der Waals surface area contributed by atoms with Crippen molar-refractivity contribution in [3.8, 4) is 0 Å². The van der Waals surface area contributed by atoms with Crippen molar-refractivity contribution in [2.24, 2.45) is 0 Å². The number of carbonyl (C=O) groups excluding carboxylic acids is 1. The molecule has 1 saturated heterocycles. The number of rotatable bonds is 4. The van der Waals surface area contributed by atoms with E-state index in [0.29, 0.717) is 19.7 Å². The second kappa shape index (κ2) is 7.53. The maximum absolute atomic E-state index is 13.8. The van der Waals surface area contributed by atoms with Gasteiger partial charge >= 0.3 is 0 Å². The van der Waals surface area contributed by atoms with Crippen LogP contribution in [0.1, 0.15) is 28.8 Å². The normalized spacial score (nSPS) is 17.8. The van der Waals surface area contributed by atoms with Crippen LogP contribution in [0.2, 0.25) is 0 Å². The third-order valence-electron chi connectivity index (χ3n) is 4.17. The number of piperidine rings is 1. The van der Waals surface area contributed by atoms with Gasteiger partial charge in [0.05, 0.1) is 18.3 Å². The van der Waals surface area contributed by atoms with Gasteiger partial charge in [-0.2, -0.15) is 0 Å². The monoisotopic (exact) mass is 331 g/mol. The van der Waals surface area contributed by atoms with Crippen molar-refractivity contribution in [3.05, 3.63) is 71.3 Å². The molecule has 1 unspecified atom stereocenters. The van der Waals surface area contributed by atoms with Crippen LogP contribution >= 0.6 is 0 Å². The summed E-state index contributed by atoms with van der Waals surface area (Å²) in [5.74, 6) is -1.09. The highest BCUT2D eigenvalue weighted by Gasteiger charge is 2.26. The molecule has 2 aromatic carbocycles. The van der Waals surface area contributed by atoms with E-state index < -0.39 is 5.82 Å². The summed E-state index contributed by atoms with van der Waals surface area (Å²) in [7, 11) is 0. The van der Waals surface area contributed by atoms with Crippen molar-refractivity contribution in [1.29, 1.82) is 0 Å². The zero-order chi connectivity index (χ0) is 16.9. The molecule has 0 aromatic heterocycles. The van der Waals surface area contributed by atoms with Gasteiger partial charge in [0, 0.05) is 13.1 Å². The molecular weight excluding hydrogens is 312 g/mol. The average Bonchev–Trinajstić information content (AvgIpc) is 2.61. The fourth-order valence-electron chi connectivity index (χ4n) is 2.86. The topological polar surface area (TPSA) is 29.5 Å². The molecule has 0 spiro atoms. The van der Waals surface area contributed by atoms with E-state index in [2.05, 4.69) is 0 Å². The molecule has 2 aromatic rings. The Hall–Kier alpha value is -2.27. The first-order valence-corrected chi connectivity index (χ1v) is 8.03. The van der Waals surface area contributed by atoms with Gasteiger partial charge < -0.3 is 9.64 Å². The molecule has 3 rings (SSSR count). The lowest BCUT2D eigenvalue weighted by Gasteiger charge is -2.32. The number of hydrogen-bond donors (Lipinski definition) is 0. The van der Waals surface area contributed by atoms with Gasteiger partial charge in [-0.15, -0.1) is 0 Å². The molecular formula is C19H19F2NO2. The number of carbonyl (C=O) groups is 1. The molecule has 126 valence electrons. The second-order valence-corrected chi connectivity index (χ2v) is 5.93. The first-order valence-electron chi connectivity index (χ1n) is 8.03. The van der Waals surface area contributed by atoms with Gasteiger partial charge in [-0.3, -0.25) is 4.79 Å². The van der Waals surface area contributed by atoms with Crippen molar-refractivity contribution < 1.29 is 18.3 Å². The van der Waals surface area contributed by atoms with Crippen LogP contribution in [0.15, 0.2) is 48.5 Å². The highest BCUT2D eigenvalue weighted by molar-refractivity contribution is 5.94. The van der Waals surface area contributed by atoms with Crippen molar-refractivity contribution in [3.63, 3.8) is 0 Å². The molecule has 3 nitrogen and oxygen atoms in total. The van der Waals surface area contributed by atoms with Crippen LogP contribution < -0.4 is 0 Å². The number of amides is 1. The Bertz CT molecular complexity index is 703. The van der Waals surface area contributed by atoms with E-state index in [0.717, 1.165) is 18.4 Å². The number of halogens is 2. The highest BCUT2D eigenvalue weighted by Crippen LogP contribution is 2.19. The van der Waals surface area contributed by atoms with Crippen molar-refractivity contribution in [2.45, 2.75) is 25.6 Å². The first-order chi connectivity index (χ1) is 11.6. The summed E-state index contributed by atoms with van der Waals surface area (Å²) in [6.07, 6.45) is 1.57. The summed E-state index contributed by atoms with van der Waals surface area (Å²) in [6, 6.07) is 12.2. The Morgan fingerprint density at radius 1 is 1.12 bits per heavy atom. The van der Waals surface area contributed by atoms with Gasteiger partial charge in [-0.05, 0) is 42.7 Å². The third kappa shape index (κ3) is 3.97. The quantitative estimate of drug-likeness (QED) is 0.853. The van der Waals surface area contributed by atoms with Crippen LogP contribution in [0, 0.1) is 11.6 Å². The van der Waals surface area contributed by atoms with E-state index in [-0.39, 0.29) is 23.4 Å². The fraction of sp³-hybridized carbons (Fsp3) is 0.316. The van der Waals surface area contributed by atoms with Crippen molar-refractivity contribution in [2.75, 3.05) is 13.1 Å². The largest absolute Gasteiger partial charge is 0.372 e. The molecule has 0 aliphatic carbocycles. The molecule has 1 aliphatic heterocycles. The SMILES string of the molecule is O=C(c1ccccc1F)N1CCCC(OCc2ccc(F)cc2)C1. The van der Waals surface area contributed by atoms with E-state index in [1.165, 1.54) is 24.3 Å². The Kier molecular flexibility index (Phi) is 5.20. The second-order valence-electron chi connectivity index (χ2n) is 5.93. The van der Waals surface area contributed by atoms with Crippen molar-refractivity contribution >= 4 is 5.91 Å². The molecule has 1 atom stereocenters. The van der Waals surface area contributed by atoms with Crippen LogP contribution in [-0.2, 0) is 11.3 Å². The molecule has 1 amide bonds. The molecule has 0 N–H and O–H groups in total. The van der Waals surface area contributed by atoms with E-state index in [9.17, 15) is 13.6 Å². The maximum atomic E-state index is 13.8. The van der Waals surface area contributed by atoms with Crippen LogP contribution in [0.4, 0.5) is 8.78 Å². The predicted octanol–water partition coefficient (Wildman–Crippen LogP) is 3.79. The summed E-state index contributed by atoms with van der Waals surface area (Å²) in [5, 5.41) is 0. The minimum atomic E-state index is -0.503. The summed E-state index contributed by atoms with van der Waals surface area (Å²) in [6.45, 7) is 1.41. The summed E-state index contributed by atoms with van der Waals surface area (Å²) in [5.41, 5.74) is 0.977. The van der Waals surface area contributed by atoms with Gasteiger partial charge in [-0.25, -0.2) is 8.78 Å². The lowest BCUT2D eigenvalue weighted by Crippen LogP contribution is -2.43. The molecule has 0 bridgehead atoms. The number of hydrogen-bond acceptors (Lipinski definition) is 2. The van der Waals surface area contributed by atoms with Crippen LogP contribution in [-0.4, -0.2) is 30.0 Å². The fourth-order valence-corrected chi connectivity index (χ4v) is 2.86. The van der Waals surface area contributed by atoms with Gasteiger partial charge in [0.15, 0.2) is 0 Å². The maximum Gasteiger partial charge on any atom is 0.256 e. The lowest BCUT2D eigenvalue weighted by atomic mass is 10.1. The minimum Gasteiger partial charge on any atom is -0.372 e. The number of nitrogens with zero attached hydrogens (tertiary/aromatic N) is 1. The van der Waals surface area contributed by atoms with Gasteiger partial charge in [0.1, 0.15) is 11.6 Å². The zero-order valence-corrected chi connectivity index (χ0v) is 13.3. The standard InChI is InChI=1S/C19H19F2NO2/c20-15-9-7-14(8-10-15)13-24-16-4-3-11-22(12-16)19(23)17-5-1-2-6-18(17)21/h1-2,5-10,16H,3-4,11-13H2. The van der Waals surface area contributed by atoms with E-state index in [1.807, 2.05) is 0 Å². The van der Waals surface area contributed by atoms with Crippen molar-refractivity contribution in [1.82, 2.24) is 4.90 Å². The van der Waals surface area contributed by atoms with Gasteiger partial charge in [-0.1, -0.05) is 24.3 Å². The Morgan fingerprint density at radius 2 is 1.88 bits per heavy atom. The summed E-state index contributed by atoms with van der Waals surface area (Å²) in [4.78, 5) is 14.1. The molecule has 0 radical (unpaired) electrons. The van der Waals surface area contributed by atoms with E-state index >= 15 is 0 Å². The molecule has 1 aliphatic rings. The predicted molar refractivity (Wildman–Crippen MR) is 86.5 cm³/mol. The number of benzene rings is 2. The van der Waals surface area contributed by atoms with E-state index in [1.54, 1.807) is 29.2 Å². The molecule has 0 saturated carbocycles. The minimum absolute atomic E-state index is 0.0942. The van der Waals surface area contributed by atoms with Crippen LogP contribution in [0.5, 0.6) is 0 Å². The molecule has 1 heterocycles. The third-order valence-corrected chi connectivity index (χ3v) is 4.17. The Morgan fingerprint density at radius 3 is 2.62 bits per heavy atom. The first kappa shape index (κ1) is 16.6. The summed E-state index contributed by atoms with van der Waals surface area (Å²) < 4.78 is 32.5. The van der Waals surface area contributed by atoms with Crippen LogP contribution in [0.25, 0.3) is 0 Å². The zero-order valence-electron chi connectivity index (χ0n) is 13.3. The molecule has 24 heavy (non-hydrogen) atoms. The number of ether oxygens (including phenoxy) is 1. The van der Waals surface area contributed by atoms with Gasteiger partial charge in [0.25, 0.3) is 5.91 Å². The average molecular weight is 331 g/mol. The van der Waals surface area contributed by atoms with Gasteiger partial charge in [0.2, 0.25) is 0 Å². The smallest absolute Gasteiger partial charge is 0.256 e. The Balaban J connectivity index is 1.59. The number of likely N-dealkylation sites (tertiary alicyclic amines) is 1.